The molecule has 0 bridgehead atoms. The standard InChI is InChI=1S/C19H23N5OS/c1-13-17(26-19-22-21-14(2)24(13)19)18(25)20-16-8-10-23(11-9-16)12-15-6-4-3-5-7-15/h3-7,16H,8-12H2,1-2H3,(H,20,25). The van der Waals surface area contributed by atoms with Gasteiger partial charge >= 0.3 is 0 Å². The van der Waals surface area contributed by atoms with Gasteiger partial charge in [-0.25, -0.2) is 0 Å². The number of nitrogens with zero attached hydrogens (tertiary/aromatic N) is 4. The zero-order valence-corrected chi connectivity index (χ0v) is 15.9. The van der Waals surface area contributed by atoms with Gasteiger partial charge in [-0.05, 0) is 32.3 Å². The first-order valence-electron chi connectivity index (χ1n) is 9.00. The lowest BCUT2D eigenvalue weighted by Crippen LogP contribution is -2.44. The summed E-state index contributed by atoms with van der Waals surface area (Å²) < 4.78 is 1.95. The number of fused-ring (bicyclic) bond motifs is 1. The fraction of sp³-hybridized carbons (Fsp3) is 0.421. The van der Waals surface area contributed by atoms with Crippen LogP contribution in [0.2, 0.25) is 0 Å². The number of aryl methyl sites for hydroxylation is 2. The number of aromatic nitrogens is 3. The van der Waals surface area contributed by atoms with E-state index in [1.54, 1.807) is 0 Å². The third-order valence-corrected chi connectivity index (χ3v) is 6.16. The number of amides is 1. The second-order valence-corrected chi connectivity index (χ2v) is 7.87. The molecule has 4 rings (SSSR count). The van der Waals surface area contributed by atoms with E-state index in [2.05, 4.69) is 44.7 Å². The van der Waals surface area contributed by atoms with Crippen molar-refractivity contribution in [2.24, 2.45) is 0 Å². The Morgan fingerprint density at radius 3 is 2.62 bits per heavy atom. The van der Waals surface area contributed by atoms with E-state index in [0.29, 0.717) is 0 Å². The molecule has 0 atom stereocenters. The summed E-state index contributed by atoms with van der Waals surface area (Å²) in [5.74, 6) is 0.834. The molecule has 1 amide bonds. The number of nitrogens with one attached hydrogen (secondary N) is 1. The molecule has 0 aliphatic carbocycles. The topological polar surface area (TPSA) is 62.5 Å². The molecule has 0 unspecified atom stereocenters. The molecule has 1 saturated heterocycles. The monoisotopic (exact) mass is 369 g/mol. The smallest absolute Gasteiger partial charge is 0.263 e. The zero-order chi connectivity index (χ0) is 18.1. The van der Waals surface area contributed by atoms with Crippen molar-refractivity contribution >= 4 is 22.2 Å². The molecule has 3 heterocycles. The zero-order valence-electron chi connectivity index (χ0n) is 15.1. The van der Waals surface area contributed by atoms with E-state index in [4.69, 9.17) is 0 Å². The molecule has 26 heavy (non-hydrogen) atoms. The van der Waals surface area contributed by atoms with Gasteiger partial charge in [0.2, 0.25) is 4.96 Å². The third kappa shape index (κ3) is 3.37. The second kappa shape index (κ2) is 7.17. The SMILES string of the molecule is Cc1nnc2sc(C(=O)NC3CCN(Cc4ccccc4)CC3)c(C)n12. The molecule has 1 N–H and O–H groups in total. The van der Waals surface area contributed by atoms with Crippen LogP contribution in [-0.2, 0) is 6.54 Å². The van der Waals surface area contributed by atoms with Gasteiger partial charge in [0, 0.05) is 31.4 Å². The highest BCUT2D eigenvalue weighted by Crippen LogP contribution is 2.23. The first-order chi connectivity index (χ1) is 12.6. The number of hydrogen-bond donors (Lipinski definition) is 1. The molecular formula is C19H23N5OS. The summed E-state index contributed by atoms with van der Waals surface area (Å²) >= 11 is 1.41. The molecule has 1 aliphatic rings. The number of rotatable bonds is 4. The molecule has 1 fully saturated rings. The van der Waals surface area contributed by atoms with Gasteiger partial charge in [0.15, 0.2) is 0 Å². The van der Waals surface area contributed by atoms with Crippen LogP contribution in [-0.4, -0.2) is 44.5 Å². The Hall–Kier alpha value is -2.25. The Morgan fingerprint density at radius 2 is 1.92 bits per heavy atom. The predicted molar refractivity (Wildman–Crippen MR) is 103 cm³/mol. The average Bonchev–Trinajstić information content (AvgIpc) is 3.18. The van der Waals surface area contributed by atoms with Gasteiger partial charge in [0.05, 0.1) is 0 Å². The summed E-state index contributed by atoms with van der Waals surface area (Å²) in [6, 6.07) is 10.8. The van der Waals surface area contributed by atoms with E-state index in [0.717, 1.165) is 53.8 Å². The van der Waals surface area contributed by atoms with E-state index < -0.39 is 0 Å². The van der Waals surface area contributed by atoms with Crippen molar-refractivity contribution in [2.45, 2.75) is 39.3 Å². The maximum atomic E-state index is 12.7. The van der Waals surface area contributed by atoms with Crippen LogP contribution in [0.1, 0.15) is 39.6 Å². The van der Waals surface area contributed by atoms with Crippen molar-refractivity contribution in [1.82, 2.24) is 24.8 Å². The summed E-state index contributed by atoms with van der Waals surface area (Å²) in [7, 11) is 0. The molecule has 136 valence electrons. The highest BCUT2D eigenvalue weighted by atomic mass is 32.1. The van der Waals surface area contributed by atoms with Gasteiger partial charge in [0.25, 0.3) is 5.91 Å². The van der Waals surface area contributed by atoms with Gasteiger partial charge in [-0.15, -0.1) is 10.2 Å². The predicted octanol–water partition coefficient (Wildman–Crippen LogP) is 2.80. The normalized spacial score (nSPS) is 16.2. The van der Waals surface area contributed by atoms with E-state index in [9.17, 15) is 4.79 Å². The van der Waals surface area contributed by atoms with E-state index in [1.165, 1.54) is 16.9 Å². The minimum Gasteiger partial charge on any atom is -0.348 e. The van der Waals surface area contributed by atoms with Crippen LogP contribution in [0.25, 0.3) is 4.96 Å². The Kier molecular flexibility index (Phi) is 4.74. The molecule has 0 spiro atoms. The fourth-order valence-electron chi connectivity index (χ4n) is 3.60. The first kappa shape index (κ1) is 17.2. The van der Waals surface area contributed by atoms with Crippen molar-refractivity contribution < 1.29 is 4.79 Å². The summed E-state index contributed by atoms with van der Waals surface area (Å²) in [6.07, 6.45) is 1.97. The summed E-state index contributed by atoms with van der Waals surface area (Å²) in [5, 5.41) is 11.4. The summed E-state index contributed by atoms with van der Waals surface area (Å²) in [6.45, 7) is 6.86. The first-order valence-corrected chi connectivity index (χ1v) is 9.81. The summed E-state index contributed by atoms with van der Waals surface area (Å²) in [4.78, 5) is 16.7. The Morgan fingerprint density at radius 1 is 1.19 bits per heavy atom. The van der Waals surface area contributed by atoms with Crippen LogP contribution >= 0.6 is 11.3 Å². The number of piperidine rings is 1. The van der Waals surface area contributed by atoms with Crippen LogP contribution in [0, 0.1) is 13.8 Å². The van der Waals surface area contributed by atoms with Crippen molar-refractivity contribution in [3.8, 4) is 0 Å². The number of thiazole rings is 1. The van der Waals surface area contributed by atoms with Crippen molar-refractivity contribution in [2.75, 3.05) is 13.1 Å². The Bertz CT molecular complexity index is 909. The van der Waals surface area contributed by atoms with Gasteiger partial charge in [-0.3, -0.25) is 14.1 Å². The lowest BCUT2D eigenvalue weighted by Gasteiger charge is -2.32. The quantitative estimate of drug-likeness (QED) is 0.768. The highest BCUT2D eigenvalue weighted by molar-refractivity contribution is 7.19. The van der Waals surface area contributed by atoms with Crippen LogP contribution in [0.5, 0.6) is 0 Å². The van der Waals surface area contributed by atoms with Gasteiger partial charge in [-0.1, -0.05) is 41.7 Å². The third-order valence-electron chi connectivity index (χ3n) is 5.03. The van der Waals surface area contributed by atoms with Crippen molar-refractivity contribution in [3.05, 3.63) is 52.3 Å². The molecule has 6 nitrogen and oxygen atoms in total. The van der Waals surface area contributed by atoms with Crippen LogP contribution in [0.15, 0.2) is 30.3 Å². The van der Waals surface area contributed by atoms with Gasteiger partial charge in [0.1, 0.15) is 10.7 Å². The molecule has 0 saturated carbocycles. The average molecular weight is 369 g/mol. The van der Waals surface area contributed by atoms with E-state index in [-0.39, 0.29) is 11.9 Å². The second-order valence-electron chi connectivity index (χ2n) is 6.89. The van der Waals surface area contributed by atoms with Gasteiger partial charge < -0.3 is 5.32 Å². The number of hydrogen-bond acceptors (Lipinski definition) is 5. The van der Waals surface area contributed by atoms with Crippen LogP contribution in [0.4, 0.5) is 0 Å². The largest absolute Gasteiger partial charge is 0.348 e. The maximum absolute atomic E-state index is 12.7. The molecule has 0 radical (unpaired) electrons. The number of carbonyl (C=O) groups excluding carboxylic acids is 1. The Balaban J connectivity index is 1.35. The molecule has 3 aromatic rings. The molecule has 1 aromatic carbocycles. The summed E-state index contributed by atoms with van der Waals surface area (Å²) in [5.41, 5.74) is 2.27. The minimum absolute atomic E-state index is 0.0129. The Labute approximate surface area is 156 Å². The van der Waals surface area contributed by atoms with Crippen molar-refractivity contribution in [3.63, 3.8) is 0 Å². The van der Waals surface area contributed by atoms with Crippen LogP contribution in [0.3, 0.4) is 0 Å². The van der Waals surface area contributed by atoms with E-state index >= 15 is 0 Å². The molecule has 2 aromatic heterocycles. The molecule has 1 aliphatic heterocycles. The highest BCUT2D eigenvalue weighted by Gasteiger charge is 2.24. The van der Waals surface area contributed by atoms with Crippen LogP contribution < -0.4 is 5.32 Å². The number of benzene rings is 1. The number of carbonyl (C=O) groups is 1. The molecule has 7 heteroatoms. The van der Waals surface area contributed by atoms with E-state index in [1.807, 2.05) is 24.3 Å². The van der Waals surface area contributed by atoms with Gasteiger partial charge in [-0.2, -0.15) is 0 Å². The van der Waals surface area contributed by atoms with Crippen molar-refractivity contribution in [1.29, 1.82) is 0 Å². The lowest BCUT2D eigenvalue weighted by atomic mass is 10.0. The fourth-order valence-corrected chi connectivity index (χ4v) is 4.62. The lowest BCUT2D eigenvalue weighted by molar-refractivity contribution is 0.0912. The number of likely N-dealkylation sites (tertiary alicyclic amines) is 1. The maximum Gasteiger partial charge on any atom is 0.263 e. The molecular weight excluding hydrogens is 346 g/mol. The minimum atomic E-state index is 0.0129.